The normalized spacial score (nSPS) is 12.1. The molecule has 5 nitrogen and oxygen atoms in total. The lowest BCUT2D eigenvalue weighted by Gasteiger charge is -2.07. The van der Waals surface area contributed by atoms with E-state index in [1.54, 1.807) is 0 Å². The van der Waals surface area contributed by atoms with E-state index in [4.69, 9.17) is 0 Å². The van der Waals surface area contributed by atoms with E-state index in [1.165, 1.54) is 36.4 Å². The molecular weight excluding hydrogens is 323 g/mol. The molecule has 3 aromatic rings. The molecule has 120 valence electrons. The Morgan fingerprint density at radius 2 is 1.65 bits per heavy atom. The maximum atomic E-state index is 12.8. The molecule has 2 aromatic heterocycles. The minimum Gasteiger partial charge on any atom is -0.435 e. The van der Waals surface area contributed by atoms with Crippen LogP contribution in [0.4, 0.5) is 22.0 Å². The molecule has 2 heterocycles. The number of halogens is 5. The zero-order chi connectivity index (χ0) is 16.6. The zero-order valence-electron chi connectivity index (χ0n) is 11.1. The summed E-state index contributed by atoms with van der Waals surface area (Å²) >= 11 is 0. The van der Waals surface area contributed by atoms with Crippen LogP contribution in [-0.4, -0.2) is 26.4 Å². The van der Waals surface area contributed by atoms with Crippen molar-refractivity contribution in [3.63, 3.8) is 0 Å². The number of hydrogen-bond acceptors (Lipinski definition) is 4. The molecule has 0 aliphatic carbocycles. The van der Waals surface area contributed by atoms with Crippen LogP contribution in [0.25, 0.3) is 16.9 Å². The van der Waals surface area contributed by atoms with Gasteiger partial charge in [0, 0.05) is 5.56 Å². The summed E-state index contributed by atoms with van der Waals surface area (Å²) in [5.74, 6) is -1.31. The first-order valence-corrected chi connectivity index (χ1v) is 6.19. The van der Waals surface area contributed by atoms with Gasteiger partial charge in [0.1, 0.15) is 5.75 Å². The lowest BCUT2D eigenvalue weighted by molar-refractivity contribution is -0.146. The molecule has 10 heteroatoms. The molecule has 23 heavy (non-hydrogen) atoms. The van der Waals surface area contributed by atoms with Crippen LogP contribution >= 0.6 is 0 Å². The lowest BCUT2D eigenvalue weighted by Crippen LogP contribution is -2.12. The average molecular weight is 330 g/mol. The molecule has 0 atom stereocenters. The number of aromatic nitrogens is 4. The molecule has 0 unspecified atom stereocenters. The maximum Gasteiger partial charge on any atom is 0.453 e. The molecular formula is C13H7F5N4O. The Bertz CT molecular complexity index is 828. The first-order chi connectivity index (χ1) is 10.8. The molecule has 0 fully saturated rings. The van der Waals surface area contributed by atoms with Gasteiger partial charge in [0.25, 0.3) is 5.82 Å². The van der Waals surface area contributed by atoms with Crippen molar-refractivity contribution in [2.45, 2.75) is 12.8 Å². The zero-order valence-corrected chi connectivity index (χ0v) is 11.1. The minimum absolute atomic E-state index is 0.0567. The fourth-order valence-electron chi connectivity index (χ4n) is 1.93. The van der Waals surface area contributed by atoms with Gasteiger partial charge in [-0.05, 0) is 36.4 Å². The number of ether oxygens (including phenoxy) is 1. The molecule has 0 saturated carbocycles. The van der Waals surface area contributed by atoms with Crippen molar-refractivity contribution >= 4 is 5.65 Å². The second-order valence-corrected chi connectivity index (χ2v) is 4.41. The van der Waals surface area contributed by atoms with Crippen molar-refractivity contribution < 1.29 is 26.7 Å². The van der Waals surface area contributed by atoms with Crippen LogP contribution < -0.4 is 4.74 Å². The van der Waals surface area contributed by atoms with Gasteiger partial charge in [-0.15, -0.1) is 10.2 Å². The summed E-state index contributed by atoms with van der Waals surface area (Å²) in [7, 11) is 0. The van der Waals surface area contributed by atoms with Gasteiger partial charge in [-0.3, -0.25) is 0 Å². The van der Waals surface area contributed by atoms with Gasteiger partial charge in [-0.2, -0.15) is 31.6 Å². The number of hydrogen-bond donors (Lipinski definition) is 0. The summed E-state index contributed by atoms with van der Waals surface area (Å²) in [6, 6.07) is 8.13. The SMILES string of the molecule is FC(F)Oc1ccc(-c2ccc3nnc(C(F)(F)F)n3n2)cc1. The van der Waals surface area contributed by atoms with E-state index in [-0.39, 0.29) is 17.1 Å². The summed E-state index contributed by atoms with van der Waals surface area (Å²) in [5, 5.41) is 10.3. The number of fused-ring (bicyclic) bond motifs is 1. The van der Waals surface area contributed by atoms with Crippen molar-refractivity contribution in [2.24, 2.45) is 0 Å². The van der Waals surface area contributed by atoms with Gasteiger partial charge in [0.2, 0.25) is 0 Å². The number of nitrogens with zero attached hydrogens (tertiary/aromatic N) is 4. The third kappa shape index (κ3) is 3.05. The third-order valence-electron chi connectivity index (χ3n) is 2.89. The van der Waals surface area contributed by atoms with E-state index in [9.17, 15) is 22.0 Å². The number of rotatable bonds is 3. The smallest absolute Gasteiger partial charge is 0.435 e. The molecule has 0 amide bonds. The van der Waals surface area contributed by atoms with Crippen molar-refractivity contribution in [3.8, 4) is 17.0 Å². The quantitative estimate of drug-likeness (QED) is 0.691. The van der Waals surface area contributed by atoms with E-state index in [2.05, 4.69) is 20.0 Å². The summed E-state index contributed by atoms with van der Waals surface area (Å²) in [4.78, 5) is 0. The lowest BCUT2D eigenvalue weighted by atomic mass is 10.1. The van der Waals surface area contributed by atoms with Crippen LogP contribution in [0.2, 0.25) is 0 Å². The standard InChI is InChI=1S/C13H7F5N4O/c14-12(15)23-8-3-1-7(2-4-8)9-5-6-10-19-20-11(13(16,17)18)22(10)21-9/h1-6,12H. The van der Waals surface area contributed by atoms with Crippen LogP contribution in [0.1, 0.15) is 5.82 Å². The van der Waals surface area contributed by atoms with Gasteiger partial charge >= 0.3 is 12.8 Å². The fourth-order valence-corrected chi connectivity index (χ4v) is 1.93. The first kappa shape index (κ1) is 15.1. The van der Waals surface area contributed by atoms with Crippen molar-refractivity contribution in [3.05, 3.63) is 42.2 Å². The minimum atomic E-state index is -4.69. The highest BCUT2D eigenvalue weighted by molar-refractivity contribution is 5.61. The average Bonchev–Trinajstić information content (AvgIpc) is 2.90. The van der Waals surface area contributed by atoms with Gasteiger partial charge < -0.3 is 4.74 Å². The van der Waals surface area contributed by atoms with E-state index in [0.29, 0.717) is 10.1 Å². The number of benzene rings is 1. The highest BCUT2D eigenvalue weighted by atomic mass is 19.4. The van der Waals surface area contributed by atoms with E-state index in [0.717, 1.165) is 0 Å². The number of alkyl halides is 5. The van der Waals surface area contributed by atoms with Crippen LogP contribution in [-0.2, 0) is 6.18 Å². The van der Waals surface area contributed by atoms with Crippen molar-refractivity contribution in [1.82, 2.24) is 19.8 Å². The molecule has 0 saturated heterocycles. The van der Waals surface area contributed by atoms with Crippen molar-refractivity contribution in [2.75, 3.05) is 0 Å². The Hall–Kier alpha value is -2.78. The second kappa shape index (κ2) is 5.45. The largest absolute Gasteiger partial charge is 0.453 e. The Balaban J connectivity index is 2.00. The fraction of sp³-hybridized carbons (Fsp3) is 0.154. The predicted molar refractivity (Wildman–Crippen MR) is 67.9 cm³/mol. The Kier molecular flexibility index (Phi) is 3.58. The summed E-state index contributed by atoms with van der Waals surface area (Å²) in [6.07, 6.45) is -4.69. The third-order valence-corrected chi connectivity index (χ3v) is 2.89. The Labute approximate surface area is 125 Å². The predicted octanol–water partition coefficient (Wildman–Crippen LogP) is 3.41. The molecule has 0 spiro atoms. The van der Waals surface area contributed by atoms with E-state index in [1.807, 2.05) is 0 Å². The van der Waals surface area contributed by atoms with Crippen LogP contribution in [0.5, 0.6) is 5.75 Å². The Morgan fingerprint density at radius 1 is 0.957 bits per heavy atom. The topological polar surface area (TPSA) is 52.3 Å². The molecule has 0 radical (unpaired) electrons. The molecule has 3 rings (SSSR count). The molecule has 0 N–H and O–H groups in total. The van der Waals surface area contributed by atoms with Crippen molar-refractivity contribution in [1.29, 1.82) is 0 Å². The van der Waals surface area contributed by atoms with E-state index < -0.39 is 18.6 Å². The summed E-state index contributed by atoms with van der Waals surface area (Å²) < 4.78 is 67.4. The van der Waals surface area contributed by atoms with Gasteiger partial charge in [-0.25, -0.2) is 0 Å². The summed E-state index contributed by atoms with van der Waals surface area (Å²) in [6.45, 7) is -2.96. The van der Waals surface area contributed by atoms with Crippen LogP contribution in [0, 0.1) is 0 Å². The monoisotopic (exact) mass is 330 g/mol. The van der Waals surface area contributed by atoms with E-state index >= 15 is 0 Å². The summed E-state index contributed by atoms with van der Waals surface area (Å²) in [5.41, 5.74) is 0.570. The second-order valence-electron chi connectivity index (χ2n) is 4.41. The maximum absolute atomic E-state index is 12.8. The highest BCUT2D eigenvalue weighted by Gasteiger charge is 2.37. The molecule has 0 bridgehead atoms. The van der Waals surface area contributed by atoms with Gasteiger partial charge in [0.15, 0.2) is 5.65 Å². The van der Waals surface area contributed by atoms with Gasteiger partial charge in [0.05, 0.1) is 5.69 Å². The molecule has 0 aliphatic heterocycles. The molecule has 1 aromatic carbocycles. The van der Waals surface area contributed by atoms with Crippen LogP contribution in [0.3, 0.4) is 0 Å². The highest BCUT2D eigenvalue weighted by Crippen LogP contribution is 2.28. The first-order valence-electron chi connectivity index (χ1n) is 6.19. The Morgan fingerprint density at radius 3 is 2.26 bits per heavy atom. The van der Waals surface area contributed by atoms with Gasteiger partial charge in [-0.1, -0.05) is 0 Å². The van der Waals surface area contributed by atoms with Crippen LogP contribution in [0.15, 0.2) is 36.4 Å². The molecule has 0 aliphatic rings.